The average Bonchev–Trinajstić information content (AvgIpc) is 2.40. The lowest BCUT2D eigenvalue weighted by Crippen LogP contribution is -2.23. The van der Waals surface area contributed by atoms with Crippen molar-refractivity contribution >= 4 is 34.6 Å². The van der Waals surface area contributed by atoms with Crippen LogP contribution in [0.3, 0.4) is 0 Å². The van der Waals surface area contributed by atoms with Gasteiger partial charge in [-0.15, -0.1) is 0 Å². The zero-order valence-corrected chi connectivity index (χ0v) is 11.7. The Hall–Kier alpha value is -2.16. The molecule has 0 aliphatic heterocycles. The number of halogens is 2. The quantitative estimate of drug-likeness (QED) is 0.502. The Morgan fingerprint density at radius 3 is 2.50 bits per heavy atom. The van der Waals surface area contributed by atoms with Crippen LogP contribution in [-0.4, -0.2) is 5.11 Å². The van der Waals surface area contributed by atoms with Crippen molar-refractivity contribution in [1.82, 2.24) is 5.32 Å². The van der Waals surface area contributed by atoms with Gasteiger partial charge in [-0.05, 0) is 42.0 Å². The van der Waals surface area contributed by atoms with Crippen LogP contribution in [0.25, 0.3) is 11.1 Å². The maximum absolute atomic E-state index is 12.9. The first-order valence-electron chi connectivity index (χ1n) is 5.62. The zero-order valence-electron chi connectivity index (χ0n) is 10.2. The van der Waals surface area contributed by atoms with Crippen LogP contribution in [-0.2, 0) is 0 Å². The second-order valence-electron chi connectivity index (χ2n) is 3.89. The highest BCUT2D eigenvalue weighted by Gasteiger charge is 2.06. The van der Waals surface area contributed by atoms with Gasteiger partial charge in [0.25, 0.3) is 0 Å². The third-order valence-electron chi connectivity index (χ3n) is 2.55. The number of nitrogens with zero attached hydrogens (tertiary/aromatic N) is 1. The Balaban J connectivity index is 2.24. The summed E-state index contributed by atoms with van der Waals surface area (Å²) in [4.78, 5) is 0. The van der Waals surface area contributed by atoms with Gasteiger partial charge in [-0.3, -0.25) is 5.32 Å². The second kappa shape index (κ2) is 6.33. The van der Waals surface area contributed by atoms with Crippen molar-refractivity contribution in [3.8, 4) is 17.3 Å². The predicted molar refractivity (Wildman–Crippen MR) is 81.8 cm³/mol. The van der Waals surface area contributed by atoms with E-state index in [1.165, 1.54) is 12.1 Å². The highest BCUT2D eigenvalue weighted by molar-refractivity contribution is 7.80. The molecule has 0 atom stereocenters. The highest BCUT2D eigenvalue weighted by atomic mass is 35.5. The summed E-state index contributed by atoms with van der Waals surface area (Å²) in [7, 11) is 0. The third kappa shape index (κ3) is 3.44. The number of benzene rings is 2. The van der Waals surface area contributed by atoms with Crippen molar-refractivity contribution in [3.05, 3.63) is 53.3 Å². The molecule has 0 aliphatic carbocycles. The summed E-state index contributed by atoms with van der Waals surface area (Å²) in [5.41, 5.74) is 2.27. The van der Waals surface area contributed by atoms with E-state index in [-0.39, 0.29) is 10.9 Å². The third-order valence-corrected chi connectivity index (χ3v) is 3.07. The fourth-order valence-corrected chi connectivity index (χ4v) is 2.12. The molecule has 100 valence electrons. The molecule has 0 bridgehead atoms. The van der Waals surface area contributed by atoms with E-state index in [0.717, 1.165) is 11.1 Å². The van der Waals surface area contributed by atoms with Crippen LogP contribution in [0.4, 0.5) is 10.1 Å². The zero-order chi connectivity index (χ0) is 14.5. The number of nitriles is 1. The van der Waals surface area contributed by atoms with Gasteiger partial charge in [0.2, 0.25) is 0 Å². The van der Waals surface area contributed by atoms with Crippen molar-refractivity contribution in [3.63, 3.8) is 0 Å². The van der Waals surface area contributed by atoms with E-state index < -0.39 is 0 Å². The lowest BCUT2D eigenvalue weighted by molar-refractivity contribution is 0.628. The molecule has 6 heteroatoms. The summed E-state index contributed by atoms with van der Waals surface area (Å²) in [6, 6.07) is 11.3. The molecule has 0 saturated carbocycles. The van der Waals surface area contributed by atoms with Gasteiger partial charge in [0.05, 0.1) is 5.02 Å². The maximum atomic E-state index is 12.9. The molecule has 0 heterocycles. The van der Waals surface area contributed by atoms with Gasteiger partial charge >= 0.3 is 0 Å². The molecule has 0 aliphatic rings. The van der Waals surface area contributed by atoms with Crippen LogP contribution in [0, 0.1) is 17.3 Å². The van der Waals surface area contributed by atoms with Gasteiger partial charge in [0, 0.05) is 11.3 Å². The minimum atomic E-state index is -0.295. The van der Waals surface area contributed by atoms with Gasteiger partial charge < -0.3 is 5.32 Å². The topological polar surface area (TPSA) is 47.9 Å². The van der Waals surface area contributed by atoms with E-state index in [1.54, 1.807) is 36.5 Å². The van der Waals surface area contributed by atoms with Gasteiger partial charge in [-0.25, -0.2) is 4.39 Å². The lowest BCUT2D eigenvalue weighted by Gasteiger charge is -2.09. The Morgan fingerprint density at radius 1 is 1.20 bits per heavy atom. The predicted octanol–water partition coefficient (Wildman–Crippen LogP) is 3.91. The van der Waals surface area contributed by atoms with Crippen molar-refractivity contribution in [2.24, 2.45) is 0 Å². The minimum Gasteiger partial charge on any atom is -0.332 e. The molecule has 20 heavy (non-hydrogen) atoms. The van der Waals surface area contributed by atoms with Gasteiger partial charge in [-0.1, -0.05) is 29.8 Å². The molecule has 2 N–H and O–H groups in total. The van der Waals surface area contributed by atoms with Crippen molar-refractivity contribution in [2.75, 3.05) is 5.32 Å². The molecular weight excluding hydrogens is 297 g/mol. The summed E-state index contributed by atoms with van der Waals surface area (Å²) < 4.78 is 12.9. The average molecular weight is 306 g/mol. The number of nitrogens with one attached hydrogen (secondary N) is 2. The SMILES string of the molecule is N#CNC(=S)Nc1ccc(-c2ccc(F)cc2)c(Cl)c1. The standard InChI is InChI=1S/C14H9ClFN3S/c15-13-7-11(19-14(20)18-8-17)5-6-12(13)9-1-3-10(16)4-2-9/h1-7H,(H2,18,19,20). The van der Waals surface area contributed by atoms with Crippen molar-refractivity contribution < 1.29 is 4.39 Å². The molecule has 0 amide bonds. The number of anilines is 1. The Labute approximate surface area is 126 Å². The maximum Gasteiger partial charge on any atom is 0.184 e. The van der Waals surface area contributed by atoms with Crippen molar-refractivity contribution in [1.29, 1.82) is 5.26 Å². The van der Waals surface area contributed by atoms with E-state index in [4.69, 9.17) is 29.1 Å². The Morgan fingerprint density at radius 2 is 1.90 bits per heavy atom. The van der Waals surface area contributed by atoms with Crippen LogP contribution in [0.5, 0.6) is 0 Å². The molecule has 0 aromatic heterocycles. The molecule has 3 nitrogen and oxygen atoms in total. The van der Waals surface area contributed by atoms with Crippen LogP contribution in [0.2, 0.25) is 5.02 Å². The van der Waals surface area contributed by atoms with E-state index in [2.05, 4.69) is 10.6 Å². The number of rotatable bonds is 2. The first-order valence-corrected chi connectivity index (χ1v) is 6.40. The smallest absolute Gasteiger partial charge is 0.184 e. The fraction of sp³-hybridized carbons (Fsp3) is 0. The van der Waals surface area contributed by atoms with Gasteiger partial charge in [-0.2, -0.15) is 5.26 Å². The highest BCUT2D eigenvalue weighted by Crippen LogP contribution is 2.30. The molecule has 2 aromatic carbocycles. The summed E-state index contributed by atoms with van der Waals surface area (Å²) in [6.07, 6.45) is 1.72. The molecule has 0 radical (unpaired) electrons. The molecule has 0 saturated heterocycles. The largest absolute Gasteiger partial charge is 0.332 e. The summed E-state index contributed by atoms with van der Waals surface area (Å²) in [5.74, 6) is -0.295. The Kier molecular flexibility index (Phi) is 4.51. The molecule has 0 unspecified atom stereocenters. The first kappa shape index (κ1) is 14.3. The fourth-order valence-electron chi connectivity index (χ4n) is 1.67. The van der Waals surface area contributed by atoms with E-state index in [1.807, 2.05) is 0 Å². The van der Waals surface area contributed by atoms with Crippen LogP contribution in [0.15, 0.2) is 42.5 Å². The summed E-state index contributed by atoms with van der Waals surface area (Å²) in [6.45, 7) is 0. The van der Waals surface area contributed by atoms with Crippen LogP contribution >= 0.6 is 23.8 Å². The summed E-state index contributed by atoms with van der Waals surface area (Å²) >= 11 is 11.1. The van der Waals surface area contributed by atoms with E-state index in [0.29, 0.717) is 10.7 Å². The minimum absolute atomic E-state index is 0.193. The van der Waals surface area contributed by atoms with E-state index >= 15 is 0 Å². The van der Waals surface area contributed by atoms with Gasteiger partial charge in [0.15, 0.2) is 11.3 Å². The number of hydrogen-bond donors (Lipinski definition) is 2. The lowest BCUT2D eigenvalue weighted by atomic mass is 10.1. The number of hydrogen-bond acceptors (Lipinski definition) is 2. The second-order valence-corrected chi connectivity index (χ2v) is 4.71. The van der Waals surface area contributed by atoms with Crippen molar-refractivity contribution in [2.45, 2.75) is 0 Å². The van der Waals surface area contributed by atoms with Crippen LogP contribution < -0.4 is 10.6 Å². The number of thiocarbonyl (C=S) groups is 1. The molecular formula is C14H9ClFN3S. The molecule has 2 aromatic rings. The normalized spacial score (nSPS) is 9.65. The monoisotopic (exact) mass is 305 g/mol. The first-order chi connectivity index (χ1) is 9.60. The molecule has 0 spiro atoms. The van der Waals surface area contributed by atoms with Gasteiger partial charge in [0.1, 0.15) is 5.82 Å². The molecule has 0 fully saturated rings. The van der Waals surface area contributed by atoms with Crippen LogP contribution in [0.1, 0.15) is 0 Å². The Bertz CT molecular complexity index is 680. The molecule has 2 rings (SSSR count). The summed E-state index contributed by atoms with van der Waals surface area (Å²) in [5, 5.41) is 14.3. The van der Waals surface area contributed by atoms with E-state index in [9.17, 15) is 4.39 Å².